The van der Waals surface area contributed by atoms with Crippen molar-refractivity contribution in [3.63, 3.8) is 0 Å². The van der Waals surface area contributed by atoms with Crippen molar-refractivity contribution in [1.82, 2.24) is 10.2 Å². The lowest BCUT2D eigenvalue weighted by molar-refractivity contribution is -0.110. The second-order valence-corrected chi connectivity index (χ2v) is 11.8. The largest absolute Gasteiger partial charge is 0.354 e. The molecule has 0 saturated carbocycles. The molecule has 0 radical (unpaired) electrons. The number of hydrogen-bond acceptors (Lipinski definition) is 5. The minimum absolute atomic E-state index is 0.0948. The highest BCUT2D eigenvalue weighted by Gasteiger charge is 2.30. The first-order valence-electron chi connectivity index (χ1n) is 14.8. The van der Waals surface area contributed by atoms with Gasteiger partial charge in [0, 0.05) is 40.0 Å². The molecule has 214 valence electrons. The standard InChI is InChI=1S/C35H36N4O2S/c1-2-30(25-9-5-3-6-10-25)37-34(40)26-13-16-31-29(21-26)32(35(41)38-31)33(27-17-20-42-23-27)36-28-14-11-24(12-15-28)22-39-18-7-4-8-19-39/h3,5-6,9-17,20-21,23,30,36H,2,4,7-8,18-19,22H2,1H3,(H,37,40)(H,38,41)/b33-32-/t30-/m1/s1. The van der Waals surface area contributed by atoms with Gasteiger partial charge in [-0.3, -0.25) is 14.5 Å². The molecule has 6 rings (SSSR count). The van der Waals surface area contributed by atoms with Crippen molar-refractivity contribution in [2.75, 3.05) is 23.7 Å². The summed E-state index contributed by atoms with van der Waals surface area (Å²) in [5, 5.41) is 13.8. The molecule has 0 bridgehead atoms. The van der Waals surface area contributed by atoms with Crippen molar-refractivity contribution in [3.05, 3.63) is 117 Å². The summed E-state index contributed by atoms with van der Waals surface area (Å²) >= 11 is 1.58. The van der Waals surface area contributed by atoms with Gasteiger partial charge in [0.1, 0.15) is 0 Å². The van der Waals surface area contributed by atoms with Crippen molar-refractivity contribution in [1.29, 1.82) is 0 Å². The Balaban J connectivity index is 1.29. The van der Waals surface area contributed by atoms with Crippen LogP contribution in [-0.2, 0) is 11.3 Å². The lowest BCUT2D eigenvalue weighted by atomic mass is 9.98. The van der Waals surface area contributed by atoms with E-state index in [0.717, 1.165) is 54.1 Å². The second kappa shape index (κ2) is 12.8. The van der Waals surface area contributed by atoms with Gasteiger partial charge in [0.2, 0.25) is 0 Å². The van der Waals surface area contributed by atoms with Crippen LogP contribution in [-0.4, -0.2) is 29.8 Å². The minimum atomic E-state index is -0.186. The fourth-order valence-corrected chi connectivity index (χ4v) is 6.45. The molecule has 3 N–H and O–H groups in total. The molecule has 0 unspecified atom stereocenters. The maximum Gasteiger partial charge on any atom is 0.258 e. The third kappa shape index (κ3) is 6.17. The predicted molar refractivity (Wildman–Crippen MR) is 172 cm³/mol. The van der Waals surface area contributed by atoms with E-state index in [1.807, 2.05) is 59.3 Å². The summed E-state index contributed by atoms with van der Waals surface area (Å²) < 4.78 is 0. The number of carbonyl (C=O) groups is 2. The van der Waals surface area contributed by atoms with Gasteiger partial charge in [-0.2, -0.15) is 11.3 Å². The van der Waals surface area contributed by atoms with Gasteiger partial charge in [-0.1, -0.05) is 55.8 Å². The highest BCUT2D eigenvalue weighted by molar-refractivity contribution is 7.08. The van der Waals surface area contributed by atoms with Gasteiger partial charge in [0.15, 0.2) is 0 Å². The predicted octanol–water partition coefficient (Wildman–Crippen LogP) is 7.55. The van der Waals surface area contributed by atoms with Crippen LogP contribution in [0.1, 0.15) is 71.3 Å². The van der Waals surface area contributed by atoms with Crippen LogP contribution in [0.3, 0.4) is 0 Å². The molecule has 0 spiro atoms. The number of hydrogen-bond donors (Lipinski definition) is 3. The number of piperidine rings is 1. The van der Waals surface area contributed by atoms with E-state index in [0.29, 0.717) is 16.8 Å². The van der Waals surface area contributed by atoms with Crippen LogP contribution >= 0.6 is 11.3 Å². The van der Waals surface area contributed by atoms with Gasteiger partial charge in [-0.25, -0.2) is 0 Å². The topological polar surface area (TPSA) is 73.5 Å². The Morgan fingerprint density at radius 1 is 0.952 bits per heavy atom. The molecule has 1 aromatic heterocycles. The number of rotatable bonds is 9. The van der Waals surface area contributed by atoms with E-state index >= 15 is 0 Å². The Bertz CT molecular complexity index is 1570. The van der Waals surface area contributed by atoms with Gasteiger partial charge in [0.05, 0.1) is 17.3 Å². The second-order valence-electron chi connectivity index (χ2n) is 11.0. The first-order valence-corrected chi connectivity index (χ1v) is 15.7. The van der Waals surface area contributed by atoms with E-state index in [-0.39, 0.29) is 17.9 Å². The normalized spacial score (nSPS) is 16.8. The molecule has 1 fully saturated rings. The van der Waals surface area contributed by atoms with E-state index in [1.54, 1.807) is 17.4 Å². The van der Waals surface area contributed by atoms with E-state index in [4.69, 9.17) is 0 Å². The number of benzene rings is 3. The van der Waals surface area contributed by atoms with Crippen LogP contribution in [0.4, 0.5) is 11.4 Å². The smallest absolute Gasteiger partial charge is 0.258 e. The highest BCUT2D eigenvalue weighted by atomic mass is 32.1. The number of carbonyl (C=O) groups excluding carboxylic acids is 2. The Morgan fingerprint density at radius 3 is 2.45 bits per heavy atom. The van der Waals surface area contributed by atoms with Crippen LogP contribution in [0.25, 0.3) is 11.3 Å². The van der Waals surface area contributed by atoms with Crippen molar-refractivity contribution in [3.8, 4) is 0 Å². The number of thiophene rings is 1. The average molecular weight is 577 g/mol. The molecular weight excluding hydrogens is 540 g/mol. The minimum Gasteiger partial charge on any atom is -0.354 e. The van der Waals surface area contributed by atoms with E-state index in [9.17, 15) is 9.59 Å². The van der Waals surface area contributed by atoms with Gasteiger partial charge in [-0.05, 0) is 85.3 Å². The van der Waals surface area contributed by atoms with Crippen molar-refractivity contribution in [2.24, 2.45) is 0 Å². The molecule has 0 aliphatic carbocycles. The number of nitrogens with zero attached hydrogens (tertiary/aromatic N) is 1. The van der Waals surface area contributed by atoms with Crippen LogP contribution in [0.2, 0.25) is 0 Å². The number of nitrogens with one attached hydrogen (secondary N) is 3. The summed E-state index contributed by atoms with van der Waals surface area (Å²) in [6.07, 6.45) is 4.65. The number of anilines is 2. The summed E-state index contributed by atoms with van der Waals surface area (Å²) in [7, 11) is 0. The molecule has 2 aliphatic rings. The zero-order valence-corrected chi connectivity index (χ0v) is 24.7. The van der Waals surface area contributed by atoms with E-state index < -0.39 is 0 Å². The van der Waals surface area contributed by atoms with Crippen molar-refractivity contribution in [2.45, 2.75) is 45.2 Å². The Hall–Kier alpha value is -4.20. The van der Waals surface area contributed by atoms with Gasteiger partial charge >= 0.3 is 0 Å². The molecule has 2 aliphatic heterocycles. The summed E-state index contributed by atoms with van der Waals surface area (Å²) in [6, 6.07) is 25.8. The lowest BCUT2D eigenvalue weighted by Gasteiger charge is -2.26. The molecule has 6 nitrogen and oxygen atoms in total. The highest BCUT2D eigenvalue weighted by Crippen LogP contribution is 2.38. The molecule has 1 saturated heterocycles. The van der Waals surface area contributed by atoms with Crippen LogP contribution in [0, 0.1) is 0 Å². The van der Waals surface area contributed by atoms with E-state index in [2.05, 4.69) is 52.0 Å². The molecular formula is C35H36N4O2S. The molecule has 1 atom stereocenters. The summed E-state index contributed by atoms with van der Waals surface area (Å²) in [5.41, 5.74) is 7.39. The number of fused-ring (bicyclic) bond motifs is 1. The van der Waals surface area contributed by atoms with Gasteiger partial charge in [0.25, 0.3) is 11.8 Å². The molecule has 4 aromatic rings. The first-order chi connectivity index (χ1) is 20.6. The fraction of sp³-hybridized carbons (Fsp3) is 0.257. The molecule has 3 heterocycles. The Morgan fingerprint density at radius 2 is 1.74 bits per heavy atom. The third-order valence-corrected chi connectivity index (χ3v) is 8.76. The number of likely N-dealkylation sites (tertiary alicyclic amines) is 1. The fourth-order valence-electron chi connectivity index (χ4n) is 5.80. The monoisotopic (exact) mass is 576 g/mol. The maximum absolute atomic E-state index is 13.4. The lowest BCUT2D eigenvalue weighted by Crippen LogP contribution is -2.29. The van der Waals surface area contributed by atoms with Gasteiger partial charge < -0.3 is 16.0 Å². The Labute approximate surface area is 251 Å². The Kier molecular flexibility index (Phi) is 8.49. The van der Waals surface area contributed by atoms with Gasteiger partial charge in [-0.15, -0.1) is 0 Å². The molecule has 3 aromatic carbocycles. The molecule has 2 amide bonds. The SMILES string of the molecule is CC[C@@H](NC(=O)c1ccc2c(c1)/C(=C(/Nc1ccc(CN3CCCCC3)cc1)c1ccsc1)C(=O)N2)c1ccccc1. The average Bonchev–Trinajstić information content (AvgIpc) is 3.68. The summed E-state index contributed by atoms with van der Waals surface area (Å²) in [5.74, 6) is -0.352. The molecule has 7 heteroatoms. The van der Waals surface area contributed by atoms with Crippen molar-refractivity contribution >= 4 is 45.8 Å². The quantitative estimate of drug-likeness (QED) is 0.180. The maximum atomic E-state index is 13.4. The van der Waals surface area contributed by atoms with Crippen LogP contribution in [0.5, 0.6) is 0 Å². The summed E-state index contributed by atoms with van der Waals surface area (Å²) in [4.78, 5) is 29.3. The molecule has 42 heavy (non-hydrogen) atoms. The van der Waals surface area contributed by atoms with Crippen LogP contribution < -0.4 is 16.0 Å². The number of amides is 2. The first kappa shape index (κ1) is 27.9. The summed E-state index contributed by atoms with van der Waals surface area (Å²) in [6.45, 7) is 5.34. The van der Waals surface area contributed by atoms with E-state index in [1.165, 1.54) is 24.8 Å². The van der Waals surface area contributed by atoms with Crippen LogP contribution in [0.15, 0.2) is 89.6 Å². The van der Waals surface area contributed by atoms with Crippen molar-refractivity contribution < 1.29 is 9.59 Å². The zero-order valence-electron chi connectivity index (χ0n) is 23.9. The third-order valence-electron chi connectivity index (χ3n) is 8.08. The zero-order chi connectivity index (χ0) is 28.9.